The summed E-state index contributed by atoms with van der Waals surface area (Å²) < 4.78 is 1.55. The summed E-state index contributed by atoms with van der Waals surface area (Å²) in [6, 6.07) is 10.7. The Balaban J connectivity index is 0.00000523. The third-order valence-corrected chi connectivity index (χ3v) is 11.0. The summed E-state index contributed by atoms with van der Waals surface area (Å²) in [7, 11) is 0. The van der Waals surface area contributed by atoms with Crippen molar-refractivity contribution in [2.24, 2.45) is 11.7 Å². The van der Waals surface area contributed by atoms with Crippen LogP contribution in [0.5, 0.6) is 0 Å². The average Bonchev–Trinajstić information content (AvgIpc) is 3.80. The molecule has 3 aliphatic rings. The van der Waals surface area contributed by atoms with Gasteiger partial charge in [-0.25, -0.2) is 4.68 Å². The summed E-state index contributed by atoms with van der Waals surface area (Å²) in [5.74, 6) is -2.07. The fourth-order valence-corrected chi connectivity index (χ4v) is 8.13. The van der Waals surface area contributed by atoms with E-state index in [-0.39, 0.29) is 50.0 Å². The van der Waals surface area contributed by atoms with Gasteiger partial charge in [0.1, 0.15) is 17.7 Å². The van der Waals surface area contributed by atoms with Crippen LogP contribution in [0.1, 0.15) is 93.7 Å². The molecular weight excluding hydrogens is 688 g/mol. The first kappa shape index (κ1) is 39.1. The Kier molecular flexibility index (Phi) is 12.2. The van der Waals surface area contributed by atoms with E-state index in [4.69, 9.17) is 5.73 Å². The van der Waals surface area contributed by atoms with Crippen LogP contribution >= 0.6 is 12.4 Å². The minimum Gasteiger partial charge on any atom is -0.384 e. The summed E-state index contributed by atoms with van der Waals surface area (Å²) in [5.41, 5.74) is 3.77. The molecule has 0 bridgehead atoms. The number of hydrogen-bond acceptors (Lipinski definition) is 9. The second-order valence-corrected chi connectivity index (χ2v) is 15.0. The highest BCUT2D eigenvalue weighted by molar-refractivity contribution is 6.01. The Morgan fingerprint density at radius 1 is 1.06 bits per heavy atom. The number of carbonyl (C=O) groups excluding carboxylic acids is 4. The molecule has 282 valence electrons. The normalized spacial score (nSPS) is 21.9. The first-order chi connectivity index (χ1) is 24.4. The molecule has 2 unspecified atom stereocenters. The lowest BCUT2D eigenvalue weighted by atomic mass is 9.82. The molecule has 3 fully saturated rings. The number of nitrogens with two attached hydrogens (primary N) is 1. The SMILES string of the molecule is CC(C)(O)c1cnnn1[C@H]1C[C@@H](C(=O)NC2(C(O)C(N)=O)CCNCC2)N(C(=O)C(CC2CCCCC2)NC(=O)c2ccc3ccccc3c2)C1.Cl. The van der Waals surface area contributed by atoms with Crippen LogP contribution in [0.2, 0.25) is 0 Å². The lowest BCUT2D eigenvalue weighted by Gasteiger charge is -2.42. The van der Waals surface area contributed by atoms with Crippen LogP contribution in [0.25, 0.3) is 10.8 Å². The minimum atomic E-state index is -1.64. The van der Waals surface area contributed by atoms with Crippen LogP contribution in [0, 0.1) is 5.92 Å². The number of rotatable bonds is 11. The highest BCUT2D eigenvalue weighted by Gasteiger charge is 2.49. The van der Waals surface area contributed by atoms with Gasteiger partial charge in [-0.15, -0.1) is 17.5 Å². The van der Waals surface area contributed by atoms with Gasteiger partial charge in [-0.2, -0.15) is 0 Å². The second kappa shape index (κ2) is 16.3. The molecule has 0 radical (unpaired) electrons. The summed E-state index contributed by atoms with van der Waals surface area (Å²) in [6.07, 6.45) is 5.99. The van der Waals surface area contributed by atoms with Gasteiger partial charge < -0.3 is 36.8 Å². The largest absolute Gasteiger partial charge is 0.384 e. The Morgan fingerprint density at radius 3 is 2.42 bits per heavy atom. The lowest BCUT2D eigenvalue weighted by molar-refractivity contribution is -0.143. The maximum atomic E-state index is 14.8. The zero-order valence-corrected chi connectivity index (χ0v) is 30.6. The summed E-state index contributed by atoms with van der Waals surface area (Å²) >= 11 is 0. The molecule has 3 aromatic rings. The van der Waals surface area contributed by atoms with Crippen LogP contribution in [0.3, 0.4) is 0 Å². The number of hydrogen-bond donors (Lipinski definition) is 6. The molecule has 1 saturated carbocycles. The molecule has 15 heteroatoms. The number of benzene rings is 2. The summed E-state index contributed by atoms with van der Waals surface area (Å²) in [5, 5.41) is 41.2. The first-order valence-corrected chi connectivity index (χ1v) is 18.1. The molecule has 14 nitrogen and oxygen atoms in total. The van der Waals surface area contributed by atoms with Gasteiger partial charge in [-0.3, -0.25) is 19.2 Å². The number of likely N-dealkylation sites (tertiary alicyclic amines) is 1. The lowest BCUT2D eigenvalue weighted by Crippen LogP contribution is -2.66. The number of fused-ring (bicyclic) bond motifs is 1. The van der Waals surface area contributed by atoms with Crippen LogP contribution < -0.4 is 21.7 Å². The van der Waals surface area contributed by atoms with Gasteiger partial charge in [0, 0.05) is 18.5 Å². The summed E-state index contributed by atoms with van der Waals surface area (Å²) in [4.78, 5) is 56.8. The Hall–Kier alpha value is -4.11. The van der Waals surface area contributed by atoms with E-state index in [1.54, 1.807) is 30.7 Å². The number of nitrogens with one attached hydrogen (secondary N) is 3. The molecule has 2 saturated heterocycles. The topological polar surface area (TPSA) is 205 Å². The van der Waals surface area contributed by atoms with Gasteiger partial charge in [0.25, 0.3) is 5.91 Å². The van der Waals surface area contributed by atoms with E-state index < -0.39 is 53.1 Å². The number of nitrogens with zero attached hydrogens (tertiary/aromatic N) is 4. The third-order valence-electron chi connectivity index (χ3n) is 11.0. The molecule has 2 aliphatic heterocycles. The number of amides is 4. The number of aromatic nitrogens is 3. The van der Waals surface area contributed by atoms with E-state index in [1.165, 1.54) is 11.1 Å². The fourth-order valence-electron chi connectivity index (χ4n) is 8.13. The molecule has 7 N–H and O–H groups in total. The average molecular weight is 739 g/mol. The first-order valence-electron chi connectivity index (χ1n) is 18.1. The molecule has 6 rings (SSSR count). The van der Waals surface area contributed by atoms with Crippen molar-refractivity contribution < 1.29 is 29.4 Å². The number of primary amides is 1. The van der Waals surface area contributed by atoms with Crippen molar-refractivity contribution in [2.75, 3.05) is 19.6 Å². The van der Waals surface area contributed by atoms with E-state index >= 15 is 0 Å². The Bertz CT molecular complexity index is 1750. The van der Waals surface area contributed by atoms with Crippen LogP contribution in [0.4, 0.5) is 0 Å². The van der Waals surface area contributed by atoms with Crippen molar-refractivity contribution in [3.8, 4) is 0 Å². The fraction of sp³-hybridized carbons (Fsp3) is 0.568. The van der Waals surface area contributed by atoms with Crippen molar-refractivity contribution >= 4 is 46.8 Å². The van der Waals surface area contributed by atoms with E-state index in [9.17, 15) is 29.4 Å². The number of carbonyl (C=O) groups is 4. The van der Waals surface area contributed by atoms with Crippen molar-refractivity contribution in [3.05, 3.63) is 59.9 Å². The van der Waals surface area contributed by atoms with E-state index in [2.05, 4.69) is 26.3 Å². The predicted molar refractivity (Wildman–Crippen MR) is 196 cm³/mol. The van der Waals surface area contributed by atoms with Gasteiger partial charge in [0.05, 0.1) is 23.5 Å². The monoisotopic (exact) mass is 738 g/mol. The Labute approximate surface area is 309 Å². The van der Waals surface area contributed by atoms with E-state index in [1.807, 2.05) is 30.3 Å². The molecule has 2 aromatic carbocycles. The third kappa shape index (κ3) is 8.41. The van der Waals surface area contributed by atoms with Gasteiger partial charge in [0.15, 0.2) is 6.10 Å². The van der Waals surface area contributed by atoms with Crippen molar-refractivity contribution in [1.29, 1.82) is 0 Å². The van der Waals surface area contributed by atoms with Gasteiger partial charge in [-0.1, -0.05) is 67.6 Å². The molecule has 0 spiro atoms. The molecule has 3 heterocycles. The van der Waals surface area contributed by atoms with Crippen molar-refractivity contribution in [2.45, 2.75) is 107 Å². The number of aliphatic hydroxyl groups excluding tert-OH is 1. The maximum Gasteiger partial charge on any atom is 0.251 e. The van der Waals surface area contributed by atoms with Gasteiger partial charge >= 0.3 is 0 Å². The molecule has 1 aliphatic carbocycles. The molecule has 4 amide bonds. The standard InChI is InChI=1S/C37H50N8O6.ClH/c1-36(2,51)30-21-40-43-45(30)27-20-29(34(49)42-37(31(46)32(38)47)14-16-39-17-15-37)44(22-27)35(50)28(18-23-8-4-3-5-9-23)41-33(48)26-13-12-24-10-6-7-11-25(24)19-26;/h6-7,10-13,19,21,23,27-29,31,39,46,51H,3-5,8-9,14-18,20,22H2,1-2H3,(H2,38,47)(H,41,48)(H,42,49);1H/t27-,28?,29-,31?;/m0./s1. The molecule has 4 atom stereocenters. The zero-order chi connectivity index (χ0) is 36.3. The maximum absolute atomic E-state index is 14.8. The second-order valence-electron chi connectivity index (χ2n) is 15.0. The number of aliphatic hydroxyl groups is 2. The van der Waals surface area contributed by atoms with Gasteiger partial charge in [-0.05, 0) is 75.0 Å². The highest BCUT2D eigenvalue weighted by atomic mass is 35.5. The zero-order valence-electron chi connectivity index (χ0n) is 29.8. The minimum absolute atomic E-state index is 0. The molecule has 52 heavy (non-hydrogen) atoms. The van der Waals surface area contributed by atoms with Crippen molar-refractivity contribution in [3.63, 3.8) is 0 Å². The summed E-state index contributed by atoms with van der Waals surface area (Å²) in [6.45, 7) is 4.17. The van der Waals surface area contributed by atoms with E-state index in [0.29, 0.717) is 30.8 Å². The predicted octanol–water partition coefficient (Wildman–Crippen LogP) is 2.08. The molecule has 1 aromatic heterocycles. The number of halogens is 1. The smallest absolute Gasteiger partial charge is 0.251 e. The Morgan fingerprint density at radius 2 is 1.75 bits per heavy atom. The van der Waals surface area contributed by atoms with Gasteiger partial charge in [0.2, 0.25) is 17.7 Å². The van der Waals surface area contributed by atoms with Crippen LogP contribution in [-0.2, 0) is 20.0 Å². The van der Waals surface area contributed by atoms with E-state index in [0.717, 1.165) is 42.9 Å². The van der Waals surface area contributed by atoms with Crippen molar-refractivity contribution in [1.82, 2.24) is 35.8 Å². The number of piperidine rings is 1. The quantitative estimate of drug-likeness (QED) is 0.170. The van der Waals surface area contributed by atoms with Crippen LogP contribution in [-0.4, -0.2) is 97.1 Å². The van der Waals surface area contributed by atoms with Crippen LogP contribution in [0.15, 0.2) is 48.7 Å². The molecular formula is C37H51ClN8O6. The highest BCUT2D eigenvalue weighted by Crippen LogP contribution is 2.34.